The van der Waals surface area contributed by atoms with Crippen molar-refractivity contribution in [2.45, 2.75) is 38.6 Å². The number of rotatable bonds is 4. The predicted octanol–water partition coefficient (Wildman–Crippen LogP) is 4.71. The van der Waals surface area contributed by atoms with Crippen molar-refractivity contribution in [3.8, 4) is 17.0 Å². The molecule has 2 heterocycles. The molecule has 0 aliphatic heterocycles. The summed E-state index contributed by atoms with van der Waals surface area (Å²) in [4.78, 5) is 12.6. The standard InChI is InChI=1S/C22H20ClN5O2/c1-13-20(22(29)24-16-4-2-3-5-16)25-27-28(13)17-10-11-19-18(12-17)21(30-26-19)14-6-8-15(23)9-7-14/h6-12,16H,2-5H2,1H3,(H,24,29). The number of amides is 1. The topological polar surface area (TPSA) is 85.8 Å². The number of nitrogens with one attached hydrogen (secondary N) is 1. The average Bonchev–Trinajstić information content (AvgIpc) is 3.48. The molecule has 1 fully saturated rings. The molecule has 0 atom stereocenters. The average molecular weight is 422 g/mol. The van der Waals surface area contributed by atoms with E-state index in [9.17, 15) is 4.79 Å². The molecule has 0 spiro atoms. The van der Waals surface area contributed by atoms with Gasteiger partial charge in [-0.15, -0.1) is 5.10 Å². The van der Waals surface area contributed by atoms with Gasteiger partial charge in [-0.05, 0) is 62.2 Å². The van der Waals surface area contributed by atoms with E-state index in [1.54, 1.807) is 4.68 Å². The van der Waals surface area contributed by atoms with Gasteiger partial charge in [0.2, 0.25) is 0 Å². The highest BCUT2D eigenvalue weighted by Gasteiger charge is 2.23. The predicted molar refractivity (Wildman–Crippen MR) is 114 cm³/mol. The third kappa shape index (κ3) is 3.35. The lowest BCUT2D eigenvalue weighted by atomic mass is 10.1. The lowest BCUT2D eigenvalue weighted by Gasteiger charge is -2.10. The van der Waals surface area contributed by atoms with Crippen molar-refractivity contribution < 1.29 is 9.32 Å². The van der Waals surface area contributed by atoms with E-state index in [1.165, 1.54) is 0 Å². The molecule has 5 rings (SSSR count). The van der Waals surface area contributed by atoms with Crippen LogP contribution < -0.4 is 5.32 Å². The number of nitrogens with zero attached hydrogens (tertiary/aromatic N) is 4. The number of benzene rings is 2. The van der Waals surface area contributed by atoms with Crippen LogP contribution >= 0.6 is 11.6 Å². The zero-order valence-electron chi connectivity index (χ0n) is 16.4. The van der Waals surface area contributed by atoms with Crippen molar-refractivity contribution in [3.05, 3.63) is 58.9 Å². The van der Waals surface area contributed by atoms with Crippen LogP contribution in [0.1, 0.15) is 41.9 Å². The molecule has 2 aromatic carbocycles. The van der Waals surface area contributed by atoms with Crippen LogP contribution in [-0.4, -0.2) is 32.1 Å². The molecule has 1 N–H and O–H groups in total. The minimum Gasteiger partial charge on any atom is -0.355 e. The number of halogens is 1. The number of hydrogen-bond acceptors (Lipinski definition) is 5. The Morgan fingerprint density at radius 3 is 2.70 bits per heavy atom. The van der Waals surface area contributed by atoms with Gasteiger partial charge in [0.1, 0.15) is 5.52 Å². The van der Waals surface area contributed by atoms with E-state index in [4.69, 9.17) is 16.1 Å². The van der Waals surface area contributed by atoms with Crippen LogP contribution in [-0.2, 0) is 0 Å². The maximum Gasteiger partial charge on any atom is 0.273 e. The summed E-state index contributed by atoms with van der Waals surface area (Å²) in [5.74, 6) is 0.485. The van der Waals surface area contributed by atoms with Crippen molar-refractivity contribution >= 4 is 28.4 Å². The van der Waals surface area contributed by atoms with Gasteiger partial charge >= 0.3 is 0 Å². The molecular formula is C22H20ClN5O2. The van der Waals surface area contributed by atoms with Gasteiger partial charge in [0.25, 0.3) is 5.91 Å². The molecule has 0 saturated heterocycles. The highest BCUT2D eigenvalue weighted by atomic mass is 35.5. The molecule has 0 unspecified atom stereocenters. The summed E-state index contributed by atoms with van der Waals surface area (Å²) >= 11 is 6.00. The third-order valence-electron chi connectivity index (χ3n) is 5.61. The molecule has 2 aromatic heterocycles. The molecule has 4 aromatic rings. The number of aromatic nitrogens is 4. The molecule has 30 heavy (non-hydrogen) atoms. The monoisotopic (exact) mass is 421 g/mol. The molecule has 152 valence electrons. The fourth-order valence-electron chi connectivity index (χ4n) is 3.98. The van der Waals surface area contributed by atoms with Crippen LogP contribution in [0.15, 0.2) is 47.0 Å². The van der Waals surface area contributed by atoms with Gasteiger partial charge < -0.3 is 9.84 Å². The van der Waals surface area contributed by atoms with E-state index >= 15 is 0 Å². The largest absolute Gasteiger partial charge is 0.355 e. The second kappa shape index (κ2) is 7.57. The van der Waals surface area contributed by atoms with Crippen LogP contribution in [0.3, 0.4) is 0 Å². The Morgan fingerprint density at radius 1 is 1.17 bits per heavy atom. The first kappa shape index (κ1) is 18.8. The van der Waals surface area contributed by atoms with Crippen LogP contribution in [0.2, 0.25) is 5.02 Å². The smallest absolute Gasteiger partial charge is 0.273 e. The molecule has 1 aliphatic carbocycles. The minimum atomic E-state index is -0.168. The Kier molecular flexibility index (Phi) is 4.75. The highest BCUT2D eigenvalue weighted by molar-refractivity contribution is 6.30. The summed E-state index contributed by atoms with van der Waals surface area (Å²) in [5, 5.41) is 17.1. The Labute approximate surface area is 178 Å². The number of fused-ring (bicyclic) bond motifs is 1. The van der Waals surface area contributed by atoms with E-state index < -0.39 is 0 Å². The second-order valence-electron chi connectivity index (χ2n) is 7.61. The summed E-state index contributed by atoms with van der Waals surface area (Å²) in [5.41, 5.74) is 3.44. The van der Waals surface area contributed by atoms with Gasteiger partial charge in [-0.1, -0.05) is 34.8 Å². The van der Waals surface area contributed by atoms with Crippen LogP contribution in [0.4, 0.5) is 0 Å². The number of carbonyl (C=O) groups is 1. The molecule has 7 nitrogen and oxygen atoms in total. The maximum absolute atomic E-state index is 12.6. The van der Waals surface area contributed by atoms with E-state index in [0.29, 0.717) is 22.2 Å². The normalized spacial score (nSPS) is 14.5. The Balaban J connectivity index is 1.49. The summed E-state index contributed by atoms with van der Waals surface area (Å²) in [6.45, 7) is 1.85. The lowest BCUT2D eigenvalue weighted by Crippen LogP contribution is -2.33. The Bertz CT molecular complexity index is 1220. The van der Waals surface area contributed by atoms with Crippen LogP contribution in [0.25, 0.3) is 27.9 Å². The van der Waals surface area contributed by atoms with Crippen LogP contribution in [0.5, 0.6) is 0 Å². The fourth-order valence-corrected chi connectivity index (χ4v) is 4.10. The van der Waals surface area contributed by atoms with Gasteiger partial charge in [-0.25, -0.2) is 4.68 Å². The van der Waals surface area contributed by atoms with Crippen LogP contribution in [0, 0.1) is 6.92 Å². The van der Waals surface area contributed by atoms with Gasteiger partial charge in [-0.3, -0.25) is 4.79 Å². The first-order valence-corrected chi connectivity index (χ1v) is 10.4. The molecule has 0 radical (unpaired) electrons. The zero-order valence-corrected chi connectivity index (χ0v) is 17.2. The Morgan fingerprint density at radius 2 is 1.93 bits per heavy atom. The lowest BCUT2D eigenvalue weighted by molar-refractivity contribution is 0.0932. The molecular weight excluding hydrogens is 402 g/mol. The maximum atomic E-state index is 12.6. The quantitative estimate of drug-likeness (QED) is 0.515. The first-order chi connectivity index (χ1) is 14.6. The van der Waals surface area contributed by atoms with Gasteiger partial charge in [0.05, 0.1) is 16.8 Å². The van der Waals surface area contributed by atoms with Gasteiger partial charge in [0, 0.05) is 16.6 Å². The SMILES string of the molecule is Cc1c(C(=O)NC2CCCC2)nnn1-c1ccc2noc(-c3ccc(Cl)cc3)c2c1. The van der Waals surface area contributed by atoms with Crippen molar-refractivity contribution in [1.29, 1.82) is 0 Å². The molecule has 1 aliphatic rings. The molecule has 8 heteroatoms. The van der Waals surface area contributed by atoms with E-state index in [1.807, 2.05) is 49.4 Å². The summed E-state index contributed by atoms with van der Waals surface area (Å²) in [7, 11) is 0. The van der Waals surface area contributed by atoms with Gasteiger partial charge in [-0.2, -0.15) is 0 Å². The summed E-state index contributed by atoms with van der Waals surface area (Å²) in [6, 6.07) is 13.3. The van der Waals surface area contributed by atoms with Crippen molar-refractivity contribution in [1.82, 2.24) is 25.5 Å². The first-order valence-electron chi connectivity index (χ1n) is 9.99. The minimum absolute atomic E-state index is 0.168. The highest BCUT2D eigenvalue weighted by Crippen LogP contribution is 2.31. The van der Waals surface area contributed by atoms with E-state index in [0.717, 1.165) is 47.8 Å². The Hall–Kier alpha value is -3.19. The summed E-state index contributed by atoms with van der Waals surface area (Å²) in [6.07, 6.45) is 4.36. The van der Waals surface area contributed by atoms with E-state index in [-0.39, 0.29) is 11.9 Å². The summed E-state index contributed by atoms with van der Waals surface area (Å²) < 4.78 is 7.25. The third-order valence-corrected chi connectivity index (χ3v) is 5.86. The molecule has 1 amide bonds. The zero-order chi connectivity index (χ0) is 20.7. The molecule has 0 bridgehead atoms. The van der Waals surface area contributed by atoms with Crippen molar-refractivity contribution in [2.75, 3.05) is 0 Å². The number of hydrogen-bond donors (Lipinski definition) is 1. The fraction of sp³-hybridized carbons (Fsp3) is 0.273. The molecule has 1 saturated carbocycles. The second-order valence-corrected chi connectivity index (χ2v) is 8.05. The van der Waals surface area contributed by atoms with Crippen molar-refractivity contribution in [3.63, 3.8) is 0 Å². The van der Waals surface area contributed by atoms with E-state index in [2.05, 4.69) is 20.8 Å². The van der Waals surface area contributed by atoms with Crippen molar-refractivity contribution in [2.24, 2.45) is 0 Å². The number of carbonyl (C=O) groups excluding carboxylic acids is 1. The van der Waals surface area contributed by atoms with Gasteiger partial charge in [0.15, 0.2) is 11.5 Å².